The van der Waals surface area contributed by atoms with E-state index in [1.165, 1.54) is 73.1 Å². The first kappa shape index (κ1) is 81.3. The third-order valence-electron chi connectivity index (χ3n) is 10.1. The number of nitroso groups, excluding NO2 is 1. The number of ether oxygens (including phenoxy) is 1. The van der Waals surface area contributed by atoms with Crippen LogP contribution in [0.1, 0.15) is 11.1 Å². The number of nitrogens with zero attached hydrogens (tertiary/aromatic N) is 5. The number of benzene rings is 7. The number of halogens is 3. The average molecular weight is 1240 g/mol. The van der Waals surface area contributed by atoms with Gasteiger partial charge in [0.2, 0.25) is 5.95 Å². The van der Waals surface area contributed by atoms with E-state index in [4.69, 9.17) is 120 Å². The summed E-state index contributed by atoms with van der Waals surface area (Å²) in [5.74, 6) is -1.56. The molecule has 23 N–H and O–H groups in total. The van der Waals surface area contributed by atoms with E-state index in [1.54, 1.807) is 67.8 Å². The van der Waals surface area contributed by atoms with Crippen molar-refractivity contribution in [3.8, 4) is 29.1 Å². The van der Waals surface area contributed by atoms with Crippen LogP contribution in [0.25, 0.3) is 4.85 Å². The van der Waals surface area contributed by atoms with Gasteiger partial charge in [0.1, 0.15) is 28.8 Å². The van der Waals surface area contributed by atoms with Gasteiger partial charge in [-0.05, 0) is 111 Å². The topological polar surface area (TPSA) is 526 Å². The Hall–Kier alpha value is -8.77. The Labute approximate surface area is 509 Å². The highest BCUT2D eigenvalue weighted by molar-refractivity contribution is 6.60. The Kier molecular flexibility index (Phi) is 40.4. The number of nitrogens with two attached hydrogens (primary N) is 1. The van der Waals surface area contributed by atoms with Crippen LogP contribution >= 0.6 is 11.6 Å². The van der Waals surface area contributed by atoms with Gasteiger partial charge in [0, 0.05) is 23.9 Å². The average Bonchev–Trinajstić information content (AvgIpc) is 3.54. The highest BCUT2D eigenvalue weighted by Gasteiger charge is 2.17. The van der Waals surface area contributed by atoms with Crippen molar-refractivity contribution in [3.63, 3.8) is 0 Å². The molecule has 7 aromatic carbocycles. The molecule has 0 spiro atoms. The smallest absolute Gasteiger partial charge is 0.491 e. The summed E-state index contributed by atoms with van der Waals surface area (Å²) in [7, 11) is -5.98. The van der Waals surface area contributed by atoms with Crippen LogP contribution in [-0.4, -0.2) is 171 Å². The fourth-order valence-electron chi connectivity index (χ4n) is 5.68. The maximum Gasteiger partial charge on any atom is 0.491 e. The van der Waals surface area contributed by atoms with E-state index in [-0.39, 0.29) is 49.8 Å². The largest absolute Gasteiger partial charge is 0.508 e. The SMILES string of the molecule is COc1ccc(B(O)O)cc1C.N#Cc1cccc(B(O)O)c1.Nc1ncc([B]O)cn1.O.O.O=Nc1ccc([B]O)cc1.OB(O)c1ccc(O)c(Cl)c1.OB(O)c1ccc(O)c(F)c1.OB(O)c1ccc(O)cc1F.[C-]#[N+]c1ccc(B(O)O)cc1. The fourth-order valence-corrected chi connectivity index (χ4v) is 5.87. The standard InChI is InChI=1S/C8H11BO3.2C7H6BNO2.C6H6BClO3.2C6H6BFO3.C6H5BNO2.C4H5BN3O.2H2O/c1-6-5-7(9(10)11)3-4-8(6)12-2;1-9-7-4-2-6(3-5-7)8(10)11;9-5-6-2-1-3-7(4-6)8(10)11;2*8-5-3-4(7(10)11)1-2-6(5)9;8-6-3-4(9)1-2-5(6)7(10)11;9-7-5-1-3-6(8-10)4-2-5;6-4-7-1-3(5-9)2-8-4;;/h3-5,10-11H,1-2H3;2-5,10-11H;1-4,10-11H;3*1-3,9-11H;1-4,9H;1-2,9H,(H2,6,7,8);2*1H2. The Bertz CT molecular complexity index is 3340. The number of phenolic OH excluding ortho intramolecular Hbond substituents is 3. The molecule has 1 heterocycles. The quantitative estimate of drug-likeness (QED) is 0.0344. The van der Waals surface area contributed by atoms with Crippen LogP contribution in [0, 0.1) is 41.4 Å². The fraction of sp³-hybridized carbons (Fsp3) is 0.0400. The van der Waals surface area contributed by atoms with Gasteiger partial charge in [-0.2, -0.15) is 5.26 Å². The van der Waals surface area contributed by atoms with Gasteiger partial charge < -0.3 is 107 Å². The second-order valence-electron chi connectivity index (χ2n) is 16.4. The molecular formula is C50H55B8ClF2N6O21. The minimum absolute atomic E-state index is 0. The Morgan fingerprint density at radius 3 is 1.50 bits per heavy atom. The van der Waals surface area contributed by atoms with E-state index in [0.717, 1.165) is 50.5 Å². The number of rotatable bonds is 10. The summed E-state index contributed by atoms with van der Waals surface area (Å²) >= 11 is 5.49. The van der Waals surface area contributed by atoms with Gasteiger partial charge in [0.05, 0.1) is 30.3 Å². The third-order valence-corrected chi connectivity index (χ3v) is 10.4. The summed E-state index contributed by atoms with van der Waals surface area (Å²) in [6.07, 6.45) is 2.87. The molecule has 0 saturated heterocycles. The van der Waals surface area contributed by atoms with Crippen molar-refractivity contribution >= 4 is 130 Å². The molecule has 38 heteroatoms. The van der Waals surface area contributed by atoms with Crippen molar-refractivity contribution in [2.75, 3.05) is 12.8 Å². The first-order valence-corrected chi connectivity index (χ1v) is 24.2. The number of aromatic hydroxyl groups is 3. The molecule has 8 rings (SSSR count). The molecule has 27 nitrogen and oxygen atoms in total. The van der Waals surface area contributed by atoms with Crippen LogP contribution in [-0.2, 0) is 0 Å². The summed E-state index contributed by atoms with van der Waals surface area (Å²) in [4.78, 5) is 20.3. The van der Waals surface area contributed by atoms with Crippen molar-refractivity contribution in [1.82, 2.24) is 9.97 Å². The van der Waals surface area contributed by atoms with Crippen molar-refractivity contribution in [2.24, 2.45) is 5.18 Å². The number of methoxy groups -OCH3 is 1. The Balaban J connectivity index is 0. The molecule has 0 saturated carbocycles. The molecular weight excluding hydrogens is 1180 g/mol. The molecule has 88 heavy (non-hydrogen) atoms. The van der Waals surface area contributed by atoms with E-state index in [9.17, 15) is 13.7 Å². The van der Waals surface area contributed by atoms with E-state index >= 15 is 0 Å². The number of hydrogen-bond donors (Lipinski definition) is 18. The first-order valence-electron chi connectivity index (χ1n) is 23.8. The van der Waals surface area contributed by atoms with E-state index < -0.39 is 60.1 Å². The minimum Gasteiger partial charge on any atom is -0.508 e. The van der Waals surface area contributed by atoms with E-state index in [0.29, 0.717) is 44.3 Å². The molecule has 0 aliphatic heterocycles. The summed E-state index contributed by atoms with van der Waals surface area (Å²) < 4.78 is 30.1. The van der Waals surface area contributed by atoms with Gasteiger partial charge in [-0.25, -0.2) is 23.6 Å². The number of nitriles is 1. The predicted molar refractivity (Wildman–Crippen MR) is 331 cm³/mol. The molecule has 0 fully saturated rings. The van der Waals surface area contributed by atoms with Gasteiger partial charge in [0.15, 0.2) is 17.3 Å². The van der Waals surface area contributed by atoms with Crippen LogP contribution in [0.15, 0.2) is 163 Å². The lowest BCUT2D eigenvalue weighted by Crippen LogP contribution is -2.32. The maximum absolute atomic E-state index is 12.6. The van der Waals surface area contributed by atoms with Crippen molar-refractivity contribution in [2.45, 2.75) is 6.92 Å². The van der Waals surface area contributed by atoms with Crippen LogP contribution in [0.3, 0.4) is 0 Å². The number of phenols is 3. The van der Waals surface area contributed by atoms with Crippen molar-refractivity contribution in [1.29, 1.82) is 5.26 Å². The monoisotopic (exact) mass is 1240 g/mol. The highest BCUT2D eigenvalue weighted by atomic mass is 35.5. The molecule has 0 bridgehead atoms. The predicted octanol–water partition coefficient (Wildman–Crippen LogP) is -6.05. The zero-order chi connectivity index (χ0) is 65.1. The zero-order valence-corrected chi connectivity index (χ0v) is 46.8. The highest BCUT2D eigenvalue weighted by Crippen LogP contribution is 2.20. The molecule has 0 atom stereocenters. The van der Waals surface area contributed by atoms with Crippen LogP contribution in [0.5, 0.6) is 23.0 Å². The second kappa shape index (κ2) is 43.8. The lowest BCUT2D eigenvalue weighted by molar-refractivity contribution is 0.411. The minimum atomic E-state index is -1.84. The molecule has 8 aromatic rings. The first-order chi connectivity index (χ1) is 40.6. The molecule has 456 valence electrons. The van der Waals surface area contributed by atoms with Crippen LogP contribution < -0.4 is 54.2 Å². The Morgan fingerprint density at radius 1 is 0.602 bits per heavy atom. The van der Waals surface area contributed by atoms with Gasteiger partial charge in [-0.3, -0.25) is 0 Å². The third kappa shape index (κ3) is 31.6. The molecule has 2 radical (unpaired) electrons. The van der Waals surface area contributed by atoms with Crippen molar-refractivity contribution < 1.29 is 110 Å². The van der Waals surface area contributed by atoms with Gasteiger partial charge in [-0.15, -0.1) is 4.91 Å². The second-order valence-corrected chi connectivity index (χ2v) is 16.8. The Morgan fingerprint density at radius 2 is 1.08 bits per heavy atom. The van der Waals surface area contributed by atoms with E-state index in [1.807, 2.05) is 13.0 Å². The lowest BCUT2D eigenvalue weighted by Gasteiger charge is -2.05. The summed E-state index contributed by atoms with van der Waals surface area (Å²) in [6, 6.07) is 35.7. The van der Waals surface area contributed by atoms with Gasteiger partial charge in [0.25, 0.3) is 0 Å². The van der Waals surface area contributed by atoms with Gasteiger partial charge >= 0.3 is 57.7 Å². The molecule has 1 aromatic heterocycles. The molecule has 0 amide bonds. The number of nitrogen functional groups attached to an aromatic ring is 1. The van der Waals surface area contributed by atoms with Crippen LogP contribution in [0.2, 0.25) is 5.02 Å². The number of hydrogen-bond acceptors (Lipinski definition) is 24. The molecule has 0 unspecified atom stereocenters. The normalized spacial score (nSPS) is 9.10. The summed E-state index contributed by atoms with van der Waals surface area (Å²) in [5.41, 5.74) is 9.79. The van der Waals surface area contributed by atoms with E-state index in [2.05, 4.69) is 20.0 Å². The van der Waals surface area contributed by atoms with Crippen LogP contribution in [0.4, 0.5) is 26.1 Å². The number of aromatic nitrogens is 2. The maximum atomic E-state index is 12.6. The van der Waals surface area contributed by atoms with Crippen molar-refractivity contribution in [3.05, 3.63) is 202 Å². The summed E-state index contributed by atoms with van der Waals surface area (Å²) in [5, 5.41) is 158. The van der Waals surface area contributed by atoms with Gasteiger partial charge in [-0.1, -0.05) is 95.9 Å². The number of anilines is 1. The lowest BCUT2D eigenvalue weighted by atomic mass is 9.79. The molecule has 0 aliphatic rings. The summed E-state index contributed by atoms with van der Waals surface area (Å²) in [6.45, 7) is 8.47. The zero-order valence-electron chi connectivity index (χ0n) is 46.0. The number of aryl methyl sites for hydroxylation is 1. The molecule has 0 aliphatic carbocycles.